The van der Waals surface area contributed by atoms with Crippen LogP contribution in [-0.2, 0) is 0 Å². The Morgan fingerprint density at radius 2 is 0.857 bits per heavy atom. The number of rotatable bonds is 6. The molecule has 0 saturated carbocycles. The molecule has 0 N–H and O–H groups in total. The molecular weight excluding hydrogens is 691 g/mol. The Kier molecular flexibility index (Phi) is 6.44. The average molecular weight is 733 g/mol. The second-order valence-electron chi connectivity index (χ2n) is 14.4. The summed E-state index contributed by atoms with van der Waals surface area (Å²) in [6, 6.07) is 67.6. The molecule has 10 aromatic carbocycles. The van der Waals surface area contributed by atoms with Crippen LogP contribution in [0.1, 0.15) is 6.85 Å². The quantitative estimate of drug-likeness (QED) is 0.0911. The van der Waals surface area contributed by atoms with E-state index in [0.717, 1.165) is 27.1 Å². The highest BCUT2D eigenvalue weighted by Crippen LogP contribution is 2.43. The summed E-state index contributed by atoms with van der Waals surface area (Å²) >= 11 is 0. The van der Waals surface area contributed by atoms with Crippen LogP contribution in [0, 0.1) is 0 Å². The van der Waals surface area contributed by atoms with Crippen molar-refractivity contribution in [1.82, 2.24) is 4.57 Å². The first-order valence-corrected chi connectivity index (χ1v) is 21.0. The molecule has 0 aliphatic carbocycles. The summed E-state index contributed by atoms with van der Waals surface area (Å²) in [5, 5.41) is 14.4. The van der Waals surface area contributed by atoms with E-state index < -0.39 is 14.1 Å². The average Bonchev–Trinajstić information content (AvgIpc) is 3.66. The van der Waals surface area contributed by atoms with Crippen molar-refractivity contribution in [2.75, 3.05) is 0 Å². The topological polar surface area (TPSA) is 4.93 Å². The Morgan fingerprint density at radius 1 is 0.339 bits per heavy atom. The maximum absolute atomic E-state index is 8.90. The highest BCUT2D eigenvalue weighted by molar-refractivity contribution is 7.20. The number of benzene rings is 10. The summed E-state index contributed by atoms with van der Waals surface area (Å²) in [6.07, 6.45) is 0. The maximum Gasteiger partial charge on any atom is 0.179 e. The monoisotopic (exact) mass is 732 g/mol. The molecule has 0 atom stereocenters. The fourth-order valence-electron chi connectivity index (χ4n) is 9.29. The SMILES string of the molecule is [2H]c1c([2H])c([2H])c(-c2cccc([Si](c3ccccc3)(c3ccccc3)c3cccc(-n4c5ccccc5c5c6c7ccccc7c7ccccc7c6ccc54)c3)c2)c([2H])c1[2H]. The van der Waals surface area contributed by atoms with Crippen LogP contribution >= 0.6 is 0 Å². The van der Waals surface area contributed by atoms with Gasteiger partial charge in [0.1, 0.15) is 0 Å². The number of fused-ring (bicyclic) bond motifs is 10. The van der Waals surface area contributed by atoms with Crippen LogP contribution in [-0.4, -0.2) is 12.6 Å². The fourth-order valence-corrected chi connectivity index (χ4v) is 14.1. The lowest BCUT2D eigenvalue weighted by molar-refractivity contribution is 1.18. The number of hydrogen-bond donors (Lipinski definition) is 0. The normalized spacial score (nSPS) is 13.2. The third-order valence-corrected chi connectivity index (χ3v) is 16.3. The largest absolute Gasteiger partial charge is 0.309 e. The van der Waals surface area contributed by atoms with Crippen LogP contribution in [0.4, 0.5) is 0 Å². The molecule has 0 bridgehead atoms. The first-order chi connectivity index (χ1) is 29.9. The summed E-state index contributed by atoms with van der Waals surface area (Å²) in [7, 11) is -3.19. The van der Waals surface area contributed by atoms with Gasteiger partial charge in [0.15, 0.2) is 8.07 Å². The van der Waals surface area contributed by atoms with Crippen molar-refractivity contribution in [2.45, 2.75) is 0 Å². The lowest BCUT2D eigenvalue weighted by atomic mass is 9.92. The van der Waals surface area contributed by atoms with Crippen LogP contribution in [0.25, 0.3) is 70.9 Å². The van der Waals surface area contributed by atoms with E-state index in [2.05, 4.69) is 174 Å². The zero-order chi connectivity index (χ0) is 41.4. The van der Waals surface area contributed by atoms with E-state index >= 15 is 0 Å². The lowest BCUT2D eigenvalue weighted by Gasteiger charge is -2.35. The third-order valence-electron chi connectivity index (χ3n) is 11.6. The minimum Gasteiger partial charge on any atom is -0.309 e. The van der Waals surface area contributed by atoms with E-state index in [4.69, 9.17) is 6.85 Å². The summed E-state index contributed by atoms with van der Waals surface area (Å²) in [4.78, 5) is 0. The molecule has 0 aliphatic heterocycles. The van der Waals surface area contributed by atoms with Crippen LogP contribution < -0.4 is 20.7 Å². The van der Waals surface area contributed by atoms with Gasteiger partial charge in [0.05, 0.1) is 17.9 Å². The summed E-state index contributed by atoms with van der Waals surface area (Å²) in [6.45, 7) is 0. The summed E-state index contributed by atoms with van der Waals surface area (Å²) in [5.41, 5.74) is 4.07. The predicted molar refractivity (Wildman–Crippen MR) is 242 cm³/mol. The van der Waals surface area contributed by atoms with E-state index in [0.29, 0.717) is 5.56 Å². The van der Waals surface area contributed by atoms with E-state index in [9.17, 15) is 0 Å². The number of nitrogens with zero attached hydrogens (tertiary/aromatic N) is 1. The van der Waals surface area contributed by atoms with Gasteiger partial charge in [-0.2, -0.15) is 0 Å². The Hall–Kier alpha value is -7.00. The lowest BCUT2D eigenvalue weighted by Crippen LogP contribution is -2.74. The second-order valence-corrected chi connectivity index (χ2v) is 18.2. The van der Waals surface area contributed by atoms with Gasteiger partial charge in [-0.15, -0.1) is 0 Å². The molecule has 0 amide bonds. The van der Waals surface area contributed by atoms with Crippen molar-refractivity contribution in [1.29, 1.82) is 0 Å². The molecule has 11 rings (SSSR count). The van der Waals surface area contributed by atoms with E-state index in [1.54, 1.807) is 0 Å². The summed E-state index contributed by atoms with van der Waals surface area (Å²) in [5.74, 6) is 0. The molecule has 0 saturated heterocycles. The molecule has 2 heteroatoms. The molecule has 0 unspecified atom stereocenters. The zero-order valence-corrected chi connectivity index (χ0v) is 31.4. The van der Waals surface area contributed by atoms with Gasteiger partial charge in [-0.1, -0.05) is 200 Å². The van der Waals surface area contributed by atoms with Crippen molar-refractivity contribution in [3.63, 3.8) is 0 Å². The highest BCUT2D eigenvalue weighted by Gasteiger charge is 2.41. The molecule has 0 spiro atoms. The van der Waals surface area contributed by atoms with Gasteiger partial charge < -0.3 is 4.57 Å². The first kappa shape index (κ1) is 27.6. The van der Waals surface area contributed by atoms with Crippen molar-refractivity contribution in [3.05, 3.63) is 224 Å². The van der Waals surface area contributed by atoms with Gasteiger partial charge >= 0.3 is 0 Å². The molecule has 1 aromatic heterocycles. The number of para-hydroxylation sites is 1. The van der Waals surface area contributed by atoms with Crippen LogP contribution in [0.3, 0.4) is 0 Å². The molecule has 1 heterocycles. The van der Waals surface area contributed by atoms with Gasteiger partial charge in [0, 0.05) is 21.8 Å². The first-order valence-electron chi connectivity index (χ1n) is 21.5. The molecule has 11 aromatic rings. The second kappa shape index (κ2) is 13.1. The van der Waals surface area contributed by atoms with Crippen molar-refractivity contribution >= 4 is 82.9 Å². The maximum atomic E-state index is 8.90. The smallest absolute Gasteiger partial charge is 0.179 e. The third kappa shape index (κ3) is 4.86. The van der Waals surface area contributed by atoms with Gasteiger partial charge in [0.25, 0.3) is 0 Å². The number of hydrogen-bond acceptors (Lipinski definition) is 0. The number of aromatic nitrogens is 1. The van der Waals surface area contributed by atoms with Gasteiger partial charge in [-0.05, 0) is 83.1 Å². The van der Waals surface area contributed by atoms with Crippen molar-refractivity contribution < 1.29 is 6.85 Å². The molecule has 0 aliphatic rings. The molecule has 0 fully saturated rings. The molecule has 56 heavy (non-hydrogen) atoms. The Morgan fingerprint density at radius 3 is 1.54 bits per heavy atom. The van der Waals surface area contributed by atoms with Gasteiger partial charge in [-0.25, -0.2) is 0 Å². The Bertz CT molecular complexity index is 3440. The molecular formula is C54H37NSi. The standard InChI is InChI=1S/C54H37NSi/c1-4-18-38(19-5-1)39-20-16-26-43(36-39)56(41-22-6-2-7-23-41,42-24-8-3-9-25-42)44-27-17-21-40(37-44)55-51-33-15-14-32-50(51)54-52(55)35-34-49-47-30-11-10-28-45(47)46-29-12-13-31-48(46)53(49)54/h1-37H/i1D,4D,5D,18D,19D. The van der Waals surface area contributed by atoms with Gasteiger partial charge in [-0.3, -0.25) is 0 Å². The molecule has 262 valence electrons. The minimum atomic E-state index is -3.19. The molecule has 0 radical (unpaired) electrons. The summed E-state index contributed by atoms with van der Waals surface area (Å²) < 4.78 is 45.5. The van der Waals surface area contributed by atoms with Crippen LogP contribution in [0.2, 0.25) is 0 Å². The van der Waals surface area contributed by atoms with Crippen LogP contribution in [0.5, 0.6) is 0 Å². The van der Waals surface area contributed by atoms with Crippen LogP contribution in [0.15, 0.2) is 224 Å². The minimum absolute atomic E-state index is 0.198. The highest BCUT2D eigenvalue weighted by atomic mass is 28.3. The van der Waals surface area contributed by atoms with E-state index in [-0.39, 0.29) is 29.7 Å². The Labute approximate surface area is 334 Å². The van der Waals surface area contributed by atoms with Crippen molar-refractivity contribution in [2.24, 2.45) is 0 Å². The predicted octanol–water partition coefficient (Wildman–Crippen LogP) is 11.3. The van der Waals surface area contributed by atoms with Crippen molar-refractivity contribution in [3.8, 4) is 16.8 Å². The Balaban J connectivity index is 1.23. The zero-order valence-electron chi connectivity index (χ0n) is 35.4. The fraction of sp³-hybridized carbons (Fsp3) is 0. The van der Waals surface area contributed by atoms with E-state index in [1.165, 1.54) is 53.5 Å². The van der Waals surface area contributed by atoms with E-state index in [1.807, 2.05) is 24.3 Å². The van der Waals surface area contributed by atoms with Gasteiger partial charge in [0.2, 0.25) is 0 Å². The molecule has 1 nitrogen and oxygen atoms in total.